The van der Waals surface area contributed by atoms with E-state index in [4.69, 9.17) is 0 Å². The average Bonchev–Trinajstić information content (AvgIpc) is 2.74. The van der Waals surface area contributed by atoms with E-state index in [9.17, 15) is 4.79 Å². The minimum Gasteiger partial charge on any atom is -0.374 e. The molecule has 1 aliphatic rings. The van der Waals surface area contributed by atoms with Crippen LogP contribution >= 0.6 is 0 Å². The molecule has 2 N–H and O–H groups in total. The number of quaternary nitrogens is 1. The lowest BCUT2D eigenvalue weighted by Gasteiger charge is -2.33. The Balaban J connectivity index is 1.52. The summed E-state index contributed by atoms with van der Waals surface area (Å²) in [6.45, 7) is 10.6. The van der Waals surface area contributed by atoms with Crippen LogP contribution in [0, 0.1) is 0 Å². The van der Waals surface area contributed by atoms with E-state index in [-0.39, 0.29) is 11.9 Å². The minimum atomic E-state index is -0.267. The monoisotopic (exact) mass is 381 g/mol. The SMILES string of the molecule is CC[NH+]1CCN(c2ccc(N[C@@H](C)C(=O)N(C)Cc3ccccc3)cc2)CC1. The first-order valence-corrected chi connectivity index (χ1v) is 10.3. The molecule has 0 spiro atoms. The van der Waals surface area contributed by atoms with Gasteiger partial charge in [-0.1, -0.05) is 30.3 Å². The Morgan fingerprint density at radius 2 is 1.75 bits per heavy atom. The number of benzene rings is 2. The van der Waals surface area contributed by atoms with Crippen molar-refractivity contribution in [2.75, 3.05) is 50.0 Å². The maximum atomic E-state index is 12.7. The van der Waals surface area contributed by atoms with E-state index in [1.807, 2.05) is 44.3 Å². The van der Waals surface area contributed by atoms with Crippen LogP contribution in [0.4, 0.5) is 11.4 Å². The number of nitrogens with zero attached hydrogens (tertiary/aromatic N) is 2. The van der Waals surface area contributed by atoms with Crippen molar-refractivity contribution < 1.29 is 9.69 Å². The van der Waals surface area contributed by atoms with E-state index in [2.05, 4.69) is 41.4 Å². The van der Waals surface area contributed by atoms with Crippen LogP contribution in [-0.4, -0.2) is 56.6 Å². The fourth-order valence-electron chi connectivity index (χ4n) is 3.78. The molecule has 1 amide bonds. The molecule has 0 bridgehead atoms. The van der Waals surface area contributed by atoms with E-state index in [0.29, 0.717) is 6.54 Å². The number of likely N-dealkylation sites (N-methyl/N-ethyl adjacent to an activating group) is 2. The van der Waals surface area contributed by atoms with Crippen LogP contribution in [-0.2, 0) is 11.3 Å². The predicted molar refractivity (Wildman–Crippen MR) is 116 cm³/mol. The van der Waals surface area contributed by atoms with Crippen LogP contribution in [0.5, 0.6) is 0 Å². The van der Waals surface area contributed by atoms with Crippen LogP contribution in [0.3, 0.4) is 0 Å². The van der Waals surface area contributed by atoms with Gasteiger partial charge in [-0.25, -0.2) is 0 Å². The van der Waals surface area contributed by atoms with Crippen LogP contribution < -0.4 is 15.1 Å². The Bertz CT molecular complexity index is 739. The van der Waals surface area contributed by atoms with Gasteiger partial charge in [-0.15, -0.1) is 0 Å². The smallest absolute Gasteiger partial charge is 0.244 e. The molecule has 1 heterocycles. The first-order valence-electron chi connectivity index (χ1n) is 10.3. The van der Waals surface area contributed by atoms with E-state index in [0.717, 1.165) is 24.3 Å². The lowest BCUT2D eigenvalue weighted by atomic mass is 10.2. The molecule has 0 radical (unpaired) electrons. The molecule has 0 saturated carbocycles. The average molecular weight is 382 g/mol. The first kappa shape index (κ1) is 20.2. The number of hydrogen-bond acceptors (Lipinski definition) is 3. The summed E-state index contributed by atoms with van der Waals surface area (Å²) in [6, 6.07) is 18.3. The first-order chi connectivity index (χ1) is 13.6. The van der Waals surface area contributed by atoms with Gasteiger partial charge in [0, 0.05) is 25.0 Å². The fourth-order valence-corrected chi connectivity index (χ4v) is 3.78. The molecular weight excluding hydrogens is 348 g/mol. The summed E-state index contributed by atoms with van der Waals surface area (Å²) >= 11 is 0. The Kier molecular flexibility index (Phi) is 6.93. The summed E-state index contributed by atoms with van der Waals surface area (Å²) in [6.07, 6.45) is 0. The minimum absolute atomic E-state index is 0.0894. The zero-order chi connectivity index (χ0) is 19.9. The van der Waals surface area contributed by atoms with Gasteiger partial charge in [-0.2, -0.15) is 0 Å². The largest absolute Gasteiger partial charge is 0.374 e. The van der Waals surface area contributed by atoms with Gasteiger partial charge >= 0.3 is 0 Å². The van der Waals surface area contributed by atoms with Crippen molar-refractivity contribution in [3.8, 4) is 0 Å². The van der Waals surface area contributed by atoms with Gasteiger partial charge in [-0.05, 0) is 43.7 Å². The van der Waals surface area contributed by atoms with Gasteiger partial charge in [-0.3, -0.25) is 4.79 Å². The normalized spacial score (nSPS) is 15.9. The van der Waals surface area contributed by atoms with Crippen LogP contribution in [0.1, 0.15) is 19.4 Å². The second-order valence-corrected chi connectivity index (χ2v) is 7.68. The number of piperazine rings is 1. The van der Waals surface area contributed by atoms with Crippen molar-refractivity contribution in [1.82, 2.24) is 4.90 Å². The van der Waals surface area contributed by atoms with Gasteiger partial charge in [0.25, 0.3) is 0 Å². The van der Waals surface area contributed by atoms with Gasteiger partial charge < -0.3 is 20.0 Å². The molecule has 5 nitrogen and oxygen atoms in total. The number of amides is 1. The molecule has 2 aromatic rings. The molecule has 0 aromatic heterocycles. The number of carbonyl (C=O) groups excluding carboxylic acids is 1. The quantitative estimate of drug-likeness (QED) is 0.769. The molecule has 0 aliphatic carbocycles. The molecule has 3 rings (SSSR count). The third-order valence-electron chi connectivity index (χ3n) is 5.60. The van der Waals surface area contributed by atoms with Crippen molar-refractivity contribution in [2.45, 2.75) is 26.4 Å². The lowest BCUT2D eigenvalue weighted by Crippen LogP contribution is -3.14. The zero-order valence-corrected chi connectivity index (χ0v) is 17.3. The second kappa shape index (κ2) is 9.60. The Morgan fingerprint density at radius 3 is 2.36 bits per heavy atom. The van der Waals surface area contributed by atoms with Crippen molar-refractivity contribution in [1.29, 1.82) is 0 Å². The summed E-state index contributed by atoms with van der Waals surface area (Å²) in [7, 11) is 1.86. The Morgan fingerprint density at radius 1 is 1.11 bits per heavy atom. The summed E-state index contributed by atoms with van der Waals surface area (Å²) in [5.74, 6) is 0.0894. The molecular formula is C23H33N4O+. The number of anilines is 2. The number of carbonyl (C=O) groups is 1. The highest BCUT2D eigenvalue weighted by Gasteiger charge is 2.20. The van der Waals surface area contributed by atoms with Crippen molar-refractivity contribution >= 4 is 17.3 Å². The molecule has 2 aromatic carbocycles. The van der Waals surface area contributed by atoms with E-state index < -0.39 is 0 Å². The summed E-state index contributed by atoms with van der Waals surface area (Å²) in [5, 5.41) is 3.34. The molecule has 1 saturated heterocycles. The van der Waals surface area contributed by atoms with Crippen LogP contribution in [0.2, 0.25) is 0 Å². The van der Waals surface area contributed by atoms with Crippen molar-refractivity contribution in [3.63, 3.8) is 0 Å². The standard InChI is InChI=1S/C23H32N4O/c1-4-26-14-16-27(17-15-26)22-12-10-21(11-13-22)24-19(2)23(28)25(3)18-20-8-6-5-7-9-20/h5-13,19,24H,4,14-18H2,1-3H3/p+1/t19-/m0/s1. The summed E-state index contributed by atoms with van der Waals surface area (Å²) in [4.78, 5) is 18.6. The maximum absolute atomic E-state index is 12.7. The third kappa shape index (κ3) is 5.26. The van der Waals surface area contributed by atoms with Crippen LogP contribution in [0.25, 0.3) is 0 Å². The summed E-state index contributed by atoms with van der Waals surface area (Å²) < 4.78 is 0. The maximum Gasteiger partial charge on any atom is 0.244 e. The molecule has 1 fully saturated rings. The van der Waals surface area contributed by atoms with Crippen molar-refractivity contribution in [3.05, 3.63) is 60.2 Å². The fraction of sp³-hybridized carbons (Fsp3) is 0.435. The Hall–Kier alpha value is -2.53. The molecule has 1 aliphatic heterocycles. The molecule has 1 atom stereocenters. The zero-order valence-electron chi connectivity index (χ0n) is 17.3. The van der Waals surface area contributed by atoms with Crippen molar-refractivity contribution in [2.24, 2.45) is 0 Å². The highest BCUT2D eigenvalue weighted by atomic mass is 16.2. The number of rotatable bonds is 7. The lowest BCUT2D eigenvalue weighted by molar-refractivity contribution is -0.898. The van der Waals surface area contributed by atoms with E-state index >= 15 is 0 Å². The predicted octanol–water partition coefficient (Wildman–Crippen LogP) is 1.87. The topological polar surface area (TPSA) is 40.0 Å². The van der Waals surface area contributed by atoms with E-state index in [1.165, 1.54) is 25.3 Å². The molecule has 28 heavy (non-hydrogen) atoms. The summed E-state index contributed by atoms with van der Waals surface area (Å²) in [5.41, 5.74) is 3.39. The molecule has 150 valence electrons. The molecule has 5 heteroatoms. The number of hydrogen-bond donors (Lipinski definition) is 2. The second-order valence-electron chi connectivity index (χ2n) is 7.68. The van der Waals surface area contributed by atoms with E-state index in [1.54, 1.807) is 9.80 Å². The molecule has 0 unspecified atom stereocenters. The van der Waals surface area contributed by atoms with Gasteiger partial charge in [0.05, 0.1) is 32.7 Å². The highest BCUT2D eigenvalue weighted by molar-refractivity contribution is 5.84. The number of nitrogens with one attached hydrogen (secondary N) is 2. The van der Waals surface area contributed by atoms with Gasteiger partial charge in [0.2, 0.25) is 5.91 Å². The highest BCUT2D eigenvalue weighted by Crippen LogP contribution is 2.19. The van der Waals surface area contributed by atoms with Gasteiger partial charge in [0.15, 0.2) is 0 Å². The third-order valence-corrected chi connectivity index (χ3v) is 5.60. The van der Waals surface area contributed by atoms with Crippen LogP contribution in [0.15, 0.2) is 54.6 Å². The van der Waals surface area contributed by atoms with Gasteiger partial charge in [0.1, 0.15) is 6.04 Å². The Labute approximate surface area is 168 Å².